The number of anilines is 1. The number of hydrogen-bond acceptors (Lipinski definition) is 5. The zero-order chi connectivity index (χ0) is 15.6. The Hall–Kier alpha value is -1.92. The van der Waals surface area contributed by atoms with Crippen LogP contribution in [-0.4, -0.2) is 18.0 Å². The summed E-state index contributed by atoms with van der Waals surface area (Å²) in [5, 5.41) is 5.33. The summed E-state index contributed by atoms with van der Waals surface area (Å²) in [6.45, 7) is 5.72. The molecule has 0 saturated carbocycles. The molecule has 0 aliphatic rings. The Kier molecular flexibility index (Phi) is 4.59. The minimum Gasteiger partial charge on any atom is -0.496 e. The second-order valence-electron chi connectivity index (χ2n) is 4.90. The third-order valence-electron chi connectivity index (χ3n) is 3.20. The maximum atomic E-state index is 12.2. The third-order valence-corrected chi connectivity index (χ3v) is 4.24. The van der Waals surface area contributed by atoms with Crippen LogP contribution in [0.5, 0.6) is 5.75 Å². The normalized spacial score (nSPS) is 12.0. The number of aromatic nitrogens is 1. The van der Waals surface area contributed by atoms with E-state index in [9.17, 15) is 4.79 Å². The van der Waals surface area contributed by atoms with Crippen LogP contribution in [0.3, 0.4) is 0 Å². The van der Waals surface area contributed by atoms with E-state index in [4.69, 9.17) is 10.5 Å². The van der Waals surface area contributed by atoms with Gasteiger partial charge in [0, 0.05) is 16.6 Å². The second-order valence-corrected chi connectivity index (χ2v) is 5.79. The van der Waals surface area contributed by atoms with Gasteiger partial charge in [-0.15, -0.1) is 11.3 Å². The number of aryl methyl sites for hydroxylation is 1. The molecule has 1 amide bonds. The van der Waals surface area contributed by atoms with E-state index in [0.717, 1.165) is 27.6 Å². The first-order valence-corrected chi connectivity index (χ1v) is 7.48. The van der Waals surface area contributed by atoms with Crippen LogP contribution in [0.4, 0.5) is 5.69 Å². The average molecular weight is 305 g/mol. The third kappa shape index (κ3) is 3.22. The topological polar surface area (TPSA) is 77.2 Å². The lowest BCUT2D eigenvalue weighted by atomic mass is 10.1. The molecular weight excluding hydrogens is 286 g/mol. The summed E-state index contributed by atoms with van der Waals surface area (Å²) in [6.07, 6.45) is 0. The van der Waals surface area contributed by atoms with Crippen LogP contribution in [0.15, 0.2) is 17.5 Å². The van der Waals surface area contributed by atoms with Gasteiger partial charge in [-0.2, -0.15) is 0 Å². The molecule has 3 N–H and O–H groups in total. The smallest absolute Gasteiger partial charge is 0.275 e. The van der Waals surface area contributed by atoms with Crippen LogP contribution in [0.25, 0.3) is 0 Å². The number of nitrogens with zero attached hydrogens (tertiary/aromatic N) is 1. The van der Waals surface area contributed by atoms with Gasteiger partial charge in [0.25, 0.3) is 5.91 Å². The number of hydrogen-bond donors (Lipinski definition) is 2. The molecular formula is C15H19N3O2S. The van der Waals surface area contributed by atoms with Crippen molar-refractivity contribution in [2.45, 2.75) is 26.8 Å². The fraction of sp³-hybridized carbons (Fsp3) is 0.333. The summed E-state index contributed by atoms with van der Waals surface area (Å²) in [6, 6.07) is 3.61. The standard InChI is InChI=1S/C15H19N3O2S/c1-8-5-6-11(9(2)13(8)20-4)17-14(19)12-7-21-15(18-12)10(3)16/h5-7,10H,16H2,1-4H3,(H,17,19). The minimum absolute atomic E-state index is 0.169. The van der Waals surface area contributed by atoms with Gasteiger partial charge in [0.05, 0.1) is 13.2 Å². The van der Waals surface area contributed by atoms with Crippen LogP contribution < -0.4 is 15.8 Å². The van der Waals surface area contributed by atoms with Gasteiger partial charge >= 0.3 is 0 Å². The Bertz CT molecular complexity index is 665. The maximum Gasteiger partial charge on any atom is 0.275 e. The Morgan fingerprint density at radius 1 is 1.43 bits per heavy atom. The van der Waals surface area contributed by atoms with Crippen molar-refractivity contribution in [3.63, 3.8) is 0 Å². The predicted molar refractivity (Wildman–Crippen MR) is 85.1 cm³/mol. The molecule has 21 heavy (non-hydrogen) atoms. The number of methoxy groups -OCH3 is 1. The van der Waals surface area contributed by atoms with E-state index in [1.807, 2.05) is 32.9 Å². The number of ether oxygens (including phenoxy) is 1. The van der Waals surface area contributed by atoms with Crippen molar-refractivity contribution in [1.29, 1.82) is 0 Å². The van der Waals surface area contributed by atoms with Gasteiger partial charge in [-0.05, 0) is 32.4 Å². The largest absolute Gasteiger partial charge is 0.496 e. The molecule has 1 heterocycles. The highest BCUT2D eigenvalue weighted by Crippen LogP contribution is 2.29. The van der Waals surface area contributed by atoms with Crippen molar-refractivity contribution < 1.29 is 9.53 Å². The minimum atomic E-state index is -0.243. The van der Waals surface area contributed by atoms with E-state index < -0.39 is 0 Å². The molecule has 1 atom stereocenters. The Morgan fingerprint density at radius 3 is 2.71 bits per heavy atom. The number of benzene rings is 1. The highest BCUT2D eigenvalue weighted by Gasteiger charge is 2.15. The molecule has 0 bridgehead atoms. The predicted octanol–water partition coefficient (Wildman–Crippen LogP) is 3.04. The van der Waals surface area contributed by atoms with Crippen LogP contribution in [0, 0.1) is 13.8 Å². The molecule has 2 aromatic rings. The molecule has 112 valence electrons. The highest BCUT2D eigenvalue weighted by molar-refractivity contribution is 7.09. The first-order valence-electron chi connectivity index (χ1n) is 6.60. The first-order chi connectivity index (χ1) is 9.93. The van der Waals surface area contributed by atoms with Crippen LogP contribution >= 0.6 is 11.3 Å². The molecule has 5 nitrogen and oxygen atoms in total. The zero-order valence-corrected chi connectivity index (χ0v) is 13.4. The number of carbonyl (C=O) groups excluding carboxylic acids is 1. The van der Waals surface area contributed by atoms with E-state index >= 15 is 0 Å². The summed E-state index contributed by atoms with van der Waals surface area (Å²) in [5.41, 5.74) is 8.78. The molecule has 0 saturated heterocycles. The molecule has 0 aliphatic carbocycles. The molecule has 0 aliphatic heterocycles. The summed E-state index contributed by atoms with van der Waals surface area (Å²) in [5.74, 6) is 0.537. The van der Waals surface area contributed by atoms with Gasteiger partial charge < -0.3 is 15.8 Å². The zero-order valence-electron chi connectivity index (χ0n) is 12.6. The summed E-state index contributed by atoms with van der Waals surface area (Å²) in [4.78, 5) is 16.5. The number of rotatable bonds is 4. The van der Waals surface area contributed by atoms with Crippen molar-refractivity contribution in [2.75, 3.05) is 12.4 Å². The SMILES string of the molecule is COc1c(C)ccc(NC(=O)c2csc(C(C)N)n2)c1C. The Morgan fingerprint density at radius 2 is 2.14 bits per heavy atom. The first kappa shape index (κ1) is 15.5. The number of carbonyl (C=O) groups is 1. The van der Waals surface area contributed by atoms with E-state index in [2.05, 4.69) is 10.3 Å². The second kappa shape index (κ2) is 6.24. The lowest BCUT2D eigenvalue weighted by molar-refractivity contribution is 0.102. The van der Waals surface area contributed by atoms with Crippen LogP contribution in [-0.2, 0) is 0 Å². The maximum absolute atomic E-state index is 12.2. The van der Waals surface area contributed by atoms with Crippen molar-refractivity contribution in [3.8, 4) is 5.75 Å². The monoisotopic (exact) mass is 305 g/mol. The van der Waals surface area contributed by atoms with E-state index in [1.165, 1.54) is 11.3 Å². The Balaban J connectivity index is 2.23. The molecule has 0 spiro atoms. The number of thiazole rings is 1. The van der Waals surface area contributed by atoms with Gasteiger partial charge in [0.1, 0.15) is 16.5 Å². The number of nitrogens with one attached hydrogen (secondary N) is 1. The average Bonchev–Trinajstić information content (AvgIpc) is 2.92. The van der Waals surface area contributed by atoms with E-state index in [0.29, 0.717) is 5.69 Å². The van der Waals surface area contributed by atoms with Crippen molar-refractivity contribution in [2.24, 2.45) is 5.73 Å². The van der Waals surface area contributed by atoms with Crippen molar-refractivity contribution in [1.82, 2.24) is 4.98 Å². The number of nitrogens with two attached hydrogens (primary N) is 1. The molecule has 1 aromatic carbocycles. The van der Waals surface area contributed by atoms with Gasteiger partial charge in [0.2, 0.25) is 0 Å². The lowest BCUT2D eigenvalue weighted by Gasteiger charge is -2.13. The van der Waals surface area contributed by atoms with E-state index in [-0.39, 0.29) is 11.9 Å². The highest BCUT2D eigenvalue weighted by atomic mass is 32.1. The molecule has 0 radical (unpaired) electrons. The fourth-order valence-electron chi connectivity index (χ4n) is 2.06. The quantitative estimate of drug-likeness (QED) is 0.910. The molecule has 2 rings (SSSR count). The van der Waals surface area contributed by atoms with Gasteiger partial charge in [-0.25, -0.2) is 4.98 Å². The molecule has 6 heteroatoms. The molecule has 1 unspecified atom stereocenters. The van der Waals surface area contributed by atoms with Crippen molar-refractivity contribution >= 4 is 22.9 Å². The van der Waals surface area contributed by atoms with Gasteiger partial charge in [-0.1, -0.05) is 6.07 Å². The molecule has 0 fully saturated rings. The van der Waals surface area contributed by atoms with Gasteiger partial charge in [0.15, 0.2) is 0 Å². The summed E-state index contributed by atoms with van der Waals surface area (Å²) < 4.78 is 5.36. The van der Waals surface area contributed by atoms with E-state index in [1.54, 1.807) is 12.5 Å². The van der Waals surface area contributed by atoms with Crippen LogP contribution in [0.2, 0.25) is 0 Å². The summed E-state index contributed by atoms with van der Waals surface area (Å²) in [7, 11) is 1.62. The summed E-state index contributed by atoms with van der Waals surface area (Å²) >= 11 is 1.39. The molecule has 1 aromatic heterocycles. The Labute approximate surface area is 128 Å². The number of amides is 1. The van der Waals surface area contributed by atoms with Crippen LogP contribution in [0.1, 0.15) is 39.6 Å². The van der Waals surface area contributed by atoms with Gasteiger partial charge in [-0.3, -0.25) is 4.79 Å². The van der Waals surface area contributed by atoms with Crippen molar-refractivity contribution in [3.05, 3.63) is 39.3 Å². The lowest BCUT2D eigenvalue weighted by Crippen LogP contribution is -2.14. The fourth-order valence-corrected chi connectivity index (χ4v) is 2.82.